The van der Waals surface area contributed by atoms with Crippen molar-refractivity contribution in [3.05, 3.63) is 0 Å². The molecule has 0 unspecified atom stereocenters. The topological polar surface area (TPSA) is 46.2 Å². The first-order valence-electron chi connectivity index (χ1n) is 5.91. The summed E-state index contributed by atoms with van der Waals surface area (Å²) in [6.45, 7) is 6.02. The Labute approximate surface area is 106 Å². The van der Waals surface area contributed by atoms with Crippen LogP contribution in [0.1, 0.15) is 33.1 Å². The van der Waals surface area contributed by atoms with Crippen LogP contribution in [0, 0.1) is 11.8 Å². The van der Waals surface area contributed by atoms with Crippen LogP contribution in [0.25, 0.3) is 0 Å². The number of halogens is 1. The van der Waals surface area contributed by atoms with Crippen LogP contribution in [0.4, 0.5) is 0 Å². The number of sulfone groups is 1. The van der Waals surface area contributed by atoms with Crippen molar-refractivity contribution in [2.45, 2.75) is 33.1 Å². The molecule has 0 amide bonds. The van der Waals surface area contributed by atoms with Gasteiger partial charge >= 0.3 is 0 Å². The minimum atomic E-state index is -2.80. The third-order valence-electron chi connectivity index (χ3n) is 2.88. The molecule has 5 heteroatoms. The second-order valence-electron chi connectivity index (χ2n) is 4.99. The number of nitrogens with one attached hydrogen (secondary N) is 1. The molecule has 0 aromatic rings. The van der Waals surface area contributed by atoms with E-state index >= 15 is 0 Å². The summed E-state index contributed by atoms with van der Waals surface area (Å²) in [7, 11) is -2.80. The maximum absolute atomic E-state index is 11.7. The SMILES string of the molecule is CC(C)CS(=O)(=O)CCC1CCNCC1.Cl. The summed E-state index contributed by atoms with van der Waals surface area (Å²) in [5.41, 5.74) is 0. The zero-order valence-electron chi connectivity index (χ0n) is 10.2. The van der Waals surface area contributed by atoms with Crippen LogP contribution >= 0.6 is 12.4 Å². The van der Waals surface area contributed by atoms with Crippen molar-refractivity contribution in [2.24, 2.45) is 11.8 Å². The Hall–Kier alpha value is 0.200. The van der Waals surface area contributed by atoms with E-state index in [1.165, 1.54) is 0 Å². The lowest BCUT2D eigenvalue weighted by Gasteiger charge is -2.22. The molecule has 16 heavy (non-hydrogen) atoms. The Morgan fingerprint density at radius 2 is 1.81 bits per heavy atom. The average molecular weight is 270 g/mol. The normalized spacial score (nSPS) is 18.4. The predicted octanol–water partition coefficient (Wildman–Crippen LogP) is 1.87. The minimum Gasteiger partial charge on any atom is -0.317 e. The first kappa shape index (κ1) is 16.2. The van der Waals surface area contributed by atoms with E-state index in [0.717, 1.165) is 32.4 Å². The van der Waals surface area contributed by atoms with Gasteiger partial charge in [0.2, 0.25) is 0 Å². The molecule has 1 rings (SSSR count). The monoisotopic (exact) mass is 269 g/mol. The largest absolute Gasteiger partial charge is 0.317 e. The van der Waals surface area contributed by atoms with Gasteiger partial charge in [-0.1, -0.05) is 13.8 Å². The minimum absolute atomic E-state index is 0. The van der Waals surface area contributed by atoms with Crippen molar-refractivity contribution in [1.29, 1.82) is 0 Å². The van der Waals surface area contributed by atoms with Crippen molar-refractivity contribution in [3.63, 3.8) is 0 Å². The van der Waals surface area contributed by atoms with E-state index < -0.39 is 9.84 Å². The first-order chi connectivity index (χ1) is 6.99. The highest BCUT2D eigenvalue weighted by molar-refractivity contribution is 7.91. The number of piperidine rings is 1. The summed E-state index contributed by atoms with van der Waals surface area (Å²) in [4.78, 5) is 0. The van der Waals surface area contributed by atoms with Crippen molar-refractivity contribution in [2.75, 3.05) is 24.6 Å². The lowest BCUT2D eigenvalue weighted by molar-refractivity contribution is 0.365. The van der Waals surface area contributed by atoms with E-state index in [1.54, 1.807) is 0 Å². The van der Waals surface area contributed by atoms with E-state index in [2.05, 4.69) is 5.32 Å². The zero-order chi connectivity index (χ0) is 11.3. The molecule has 1 saturated heterocycles. The Bertz CT molecular complexity index is 272. The highest BCUT2D eigenvalue weighted by Crippen LogP contribution is 2.17. The second-order valence-corrected chi connectivity index (χ2v) is 7.22. The van der Waals surface area contributed by atoms with Crippen LogP contribution in [0.15, 0.2) is 0 Å². The molecule has 3 nitrogen and oxygen atoms in total. The summed E-state index contributed by atoms with van der Waals surface area (Å²) in [6, 6.07) is 0. The van der Waals surface area contributed by atoms with Gasteiger partial charge in [0.05, 0.1) is 11.5 Å². The Morgan fingerprint density at radius 3 is 2.31 bits per heavy atom. The van der Waals surface area contributed by atoms with Gasteiger partial charge in [0, 0.05) is 0 Å². The van der Waals surface area contributed by atoms with Gasteiger partial charge in [-0.3, -0.25) is 0 Å². The number of hydrogen-bond acceptors (Lipinski definition) is 3. The number of rotatable bonds is 5. The highest BCUT2D eigenvalue weighted by atomic mass is 35.5. The quantitative estimate of drug-likeness (QED) is 0.829. The van der Waals surface area contributed by atoms with E-state index in [9.17, 15) is 8.42 Å². The molecule has 0 aliphatic carbocycles. The van der Waals surface area contributed by atoms with Crippen LogP contribution < -0.4 is 5.32 Å². The fourth-order valence-electron chi connectivity index (χ4n) is 2.11. The van der Waals surface area contributed by atoms with Crippen LogP contribution in [0.2, 0.25) is 0 Å². The Balaban J connectivity index is 0.00000225. The van der Waals surface area contributed by atoms with Gasteiger partial charge in [0.15, 0.2) is 9.84 Å². The van der Waals surface area contributed by atoms with Gasteiger partial charge in [-0.2, -0.15) is 0 Å². The first-order valence-corrected chi connectivity index (χ1v) is 7.73. The standard InChI is InChI=1S/C11H23NO2S.ClH/c1-10(2)9-15(13,14)8-5-11-3-6-12-7-4-11;/h10-12H,3-9H2,1-2H3;1H. The molecule has 0 atom stereocenters. The van der Waals surface area contributed by atoms with Crippen molar-refractivity contribution < 1.29 is 8.42 Å². The third-order valence-corrected chi connectivity index (χ3v) is 4.92. The highest BCUT2D eigenvalue weighted by Gasteiger charge is 2.18. The fourth-order valence-corrected chi connectivity index (χ4v) is 3.98. The average Bonchev–Trinajstić information content (AvgIpc) is 2.15. The van der Waals surface area contributed by atoms with Crippen molar-refractivity contribution in [3.8, 4) is 0 Å². The lowest BCUT2D eigenvalue weighted by Crippen LogP contribution is -2.29. The fraction of sp³-hybridized carbons (Fsp3) is 1.00. The van der Waals surface area contributed by atoms with Gasteiger partial charge in [-0.15, -0.1) is 12.4 Å². The maximum atomic E-state index is 11.7. The van der Waals surface area contributed by atoms with E-state index in [-0.39, 0.29) is 18.3 Å². The maximum Gasteiger partial charge on any atom is 0.150 e. The molecule has 1 fully saturated rings. The Morgan fingerprint density at radius 1 is 1.25 bits per heavy atom. The second kappa shape index (κ2) is 7.51. The van der Waals surface area contributed by atoms with Crippen LogP contribution in [0.3, 0.4) is 0 Å². The van der Waals surface area contributed by atoms with Crippen molar-refractivity contribution >= 4 is 22.2 Å². The molecule has 1 aliphatic heterocycles. The summed E-state index contributed by atoms with van der Waals surface area (Å²) >= 11 is 0. The van der Waals surface area contributed by atoms with Gasteiger partial charge in [-0.05, 0) is 44.2 Å². The molecule has 0 aromatic heterocycles. The van der Waals surface area contributed by atoms with E-state index in [4.69, 9.17) is 0 Å². The summed E-state index contributed by atoms with van der Waals surface area (Å²) in [5.74, 6) is 1.60. The van der Waals surface area contributed by atoms with E-state index in [1.807, 2.05) is 13.8 Å². The van der Waals surface area contributed by atoms with Crippen LogP contribution in [-0.4, -0.2) is 33.0 Å². The molecule has 1 heterocycles. The molecule has 0 bridgehead atoms. The molecule has 98 valence electrons. The summed E-state index contributed by atoms with van der Waals surface area (Å²) in [5, 5.41) is 3.29. The molecular weight excluding hydrogens is 246 g/mol. The van der Waals surface area contributed by atoms with E-state index in [0.29, 0.717) is 17.4 Å². The van der Waals surface area contributed by atoms with Gasteiger partial charge in [0.1, 0.15) is 0 Å². The molecule has 0 saturated carbocycles. The molecular formula is C11H24ClNO2S. The molecule has 0 spiro atoms. The van der Waals surface area contributed by atoms with Crippen molar-refractivity contribution in [1.82, 2.24) is 5.32 Å². The predicted molar refractivity (Wildman–Crippen MR) is 71.0 cm³/mol. The summed E-state index contributed by atoms with van der Waals surface area (Å²) < 4.78 is 23.3. The molecule has 0 aromatic carbocycles. The molecule has 1 N–H and O–H groups in total. The van der Waals surface area contributed by atoms with Crippen LogP contribution in [0.5, 0.6) is 0 Å². The van der Waals surface area contributed by atoms with Gasteiger partial charge in [0.25, 0.3) is 0 Å². The zero-order valence-corrected chi connectivity index (χ0v) is 11.9. The lowest BCUT2D eigenvalue weighted by atomic mass is 9.96. The Kier molecular flexibility index (Phi) is 7.61. The number of hydrogen-bond donors (Lipinski definition) is 1. The molecule has 1 aliphatic rings. The summed E-state index contributed by atoms with van der Waals surface area (Å²) in [6.07, 6.45) is 3.13. The van der Waals surface area contributed by atoms with Gasteiger partial charge < -0.3 is 5.32 Å². The third kappa shape index (κ3) is 6.71. The molecule has 0 radical (unpaired) electrons. The van der Waals surface area contributed by atoms with Crippen LogP contribution in [-0.2, 0) is 9.84 Å². The van der Waals surface area contributed by atoms with Gasteiger partial charge in [-0.25, -0.2) is 8.42 Å². The smallest absolute Gasteiger partial charge is 0.150 e.